The summed E-state index contributed by atoms with van der Waals surface area (Å²) in [5, 5.41) is 8.13. The highest BCUT2D eigenvalue weighted by Crippen LogP contribution is 2.26. The second-order valence-electron chi connectivity index (χ2n) is 8.38. The van der Waals surface area contributed by atoms with Crippen molar-refractivity contribution >= 4 is 5.91 Å². The van der Waals surface area contributed by atoms with Crippen LogP contribution in [-0.4, -0.2) is 40.8 Å². The van der Waals surface area contributed by atoms with E-state index in [-0.39, 0.29) is 11.8 Å². The molecular formula is C24H29N3O4. The minimum Gasteiger partial charge on any atom is -0.493 e. The smallest absolute Gasteiger partial charge is 0.276 e. The molecule has 7 heteroatoms. The first-order chi connectivity index (χ1) is 14.9. The molecule has 7 nitrogen and oxygen atoms in total. The zero-order valence-electron chi connectivity index (χ0n) is 18.6. The molecule has 0 unspecified atom stereocenters. The van der Waals surface area contributed by atoms with Crippen molar-refractivity contribution in [3.63, 3.8) is 0 Å². The molecule has 0 aliphatic carbocycles. The number of para-hydroxylation sites is 1. The number of carbonyl (C=O) groups excluding carboxylic acids is 1. The van der Waals surface area contributed by atoms with Crippen LogP contribution in [0.15, 0.2) is 33.3 Å². The topological polar surface area (TPSA) is 81.6 Å². The summed E-state index contributed by atoms with van der Waals surface area (Å²) >= 11 is 0. The Morgan fingerprint density at radius 1 is 1.10 bits per heavy atom. The Balaban J connectivity index is 1.45. The minimum atomic E-state index is -0.0841. The lowest BCUT2D eigenvalue weighted by Gasteiger charge is -2.32. The Bertz CT molecular complexity index is 1050. The van der Waals surface area contributed by atoms with E-state index in [9.17, 15) is 4.79 Å². The molecule has 0 saturated carbocycles. The van der Waals surface area contributed by atoms with E-state index in [1.165, 1.54) is 0 Å². The summed E-state index contributed by atoms with van der Waals surface area (Å²) in [7, 11) is 0. The SMILES string of the molecule is Cc1ccccc1OC[C@@H]1CCCN(C(=O)c2noc(C)c2Cc2c(C)noc2C)C1. The van der Waals surface area contributed by atoms with Crippen molar-refractivity contribution in [1.82, 2.24) is 15.2 Å². The summed E-state index contributed by atoms with van der Waals surface area (Å²) in [5.41, 5.74) is 4.11. The molecule has 1 amide bonds. The molecule has 3 aromatic rings. The molecule has 1 saturated heterocycles. The third kappa shape index (κ3) is 4.50. The van der Waals surface area contributed by atoms with Crippen molar-refractivity contribution in [3.05, 3.63) is 63.9 Å². The minimum absolute atomic E-state index is 0.0841. The molecule has 4 rings (SSSR count). The number of hydrogen-bond acceptors (Lipinski definition) is 6. The van der Waals surface area contributed by atoms with Gasteiger partial charge in [0.2, 0.25) is 0 Å². The number of aryl methyl sites for hydroxylation is 4. The number of likely N-dealkylation sites (tertiary alicyclic amines) is 1. The van der Waals surface area contributed by atoms with Gasteiger partial charge in [-0.3, -0.25) is 4.79 Å². The molecule has 1 aliphatic heterocycles. The first-order valence-electron chi connectivity index (χ1n) is 10.8. The molecule has 1 fully saturated rings. The van der Waals surface area contributed by atoms with E-state index in [1.54, 1.807) is 0 Å². The molecule has 0 bridgehead atoms. The summed E-state index contributed by atoms with van der Waals surface area (Å²) in [6.07, 6.45) is 2.51. The fourth-order valence-electron chi connectivity index (χ4n) is 4.16. The van der Waals surface area contributed by atoms with Crippen LogP contribution in [-0.2, 0) is 6.42 Å². The third-order valence-electron chi connectivity index (χ3n) is 6.10. The molecule has 0 N–H and O–H groups in total. The molecule has 31 heavy (non-hydrogen) atoms. The lowest BCUT2D eigenvalue weighted by Crippen LogP contribution is -2.42. The molecular weight excluding hydrogens is 394 g/mol. The number of aromatic nitrogens is 2. The number of benzene rings is 1. The van der Waals surface area contributed by atoms with Crippen LogP contribution in [0.2, 0.25) is 0 Å². The van der Waals surface area contributed by atoms with Crippen molar-refractivity contribution in [1.29, 1.82) is 0 Å². The zero-order chi connectivity index (χ0) is 22.0. The van der Waals surface area contributed by atoms with E-state index in [0.717, 1.165) is 53.3 Å². The monoisotopic (exact) mass is 423 g/mol. The Morgan fingerprint density at radius 2 is 1.84 bits per heavy atom. The van der Waals surface area contributed by atoms with E-state index in [4.69, 9.17) is 13.8 Å². The van der Waals surface area contributed by atoms with Gasteiger partial charge in [0.05, 0.1) is 12.3 Å². The summed E-state index contributed by atoms with van der Waals surface area (Å²) < 4.78 is 16.7. The average Bonchev–Trinajstić information content (AvgIpc) is 3.30. The van der Waals surface area contributed by atoms with Crippen molar-refractivity contribution in [2.75, 3.05) is 19.7 Å². The number of ether oxygens (including phenoxy) is 1. The van der Waals surface area contributed by atoms with Crippen molar-refractivity contribution in [2.45, 2.75) is 47.0 Å². The molecule has 0 spiro atoms. The van der Waals surface area contributed by atoms with Gasteiger partial charge in [-0.05, 0) is 52.2 Å². The van der Waals surface area contributed by atoms with Gasteiger partial charge in [-0.1, -0.05) is 28.5 Å². The lowest BCUT2D eigenvalue weighted by molar-refractivity contribution is 0.0622. The van der Waals surface area contributed by atoms with Crippen LogP contribution >= 0.6 is 0 Å². The molecule has 1 aliphatic rings. The zero-order valence-corrected chi connectivity index (χ0v) is 18.6. The number of rotatable bonds is 6. The van der Waals surface area contributed by atoms with Crippen LogP contribution in [0.1, 0.15) is 57.2 Å². The van der Waals surface area contributed by atoms with Crippen molar-refractivity contribution in [2.24, 2.45) is 5.92 Å². The van der Waals surface area contributed by atoms with Gasteiger partial charge in [-0.15, -0.1) is 0 Å². The van der Waals surface area contributed by atoms with E-state index < -0.39 is 0 Å². The summed E-state index contributed by atoms with van der Waals surface area (Å²) in [6, 6.07) is 8.01. The van der Waals surface area contributed by atoms with Crippen LogP contribution in [0.3, 0.4) is 0 Å². The first kappa shape index (κ1) is 21.2. The number of piperidine rings is 1. The molecule has 2 aromatic heterocycles. The maximum Gasteiger partial charge on any atom is 0.276 e. The van der Waals surface area contributed by atoms with E-state index in [1.807, 2.05) is 56.9 Å². The fourth-order valence-corrected chi connectivity index (χ4v) is 4.16. The molecule has 1 atom stereocenters. The van der Waals surface area contributed by atoms with Crippen LogP contribution in [0.4, 0.5) is 0 Å². The number of carbonyl (C=O) groups is 1. The van der Waals surface area contributed by atoms with Gasteiger partial charge in [-0.25, -0.2) is 0 Å². The van der Waals surface area contributed by atoms with Crippen LogP contribution in [0, 0.1) is 33.6 Å². The number of amides is 1. The van der Waals surface area contributed by atoms with Crippen LogP contribution in [0.25, 0.3) is 0 Å². The normalized spacial score (nSPS) is 16.5. The Hall–Kier alpha value is -3.09. The quantitative estimate of drug-likeness (QED) is 0.584. The van der Waals surface area contributed by atoms with E-state index in [2.05, 4.69) is 10.3 Å². The van der Waals surface area contributed by atoms with Crippen LogP contribution in [0.5, 0.6) is 5.75 Å². The van der Waals surface area contributed by atoms with Crippen molar-refractivity contribution < 1.29 is 18.6 Å². The largest absolute Gasteiger partial charge is 0.493 e. The van der Waals surface area contributed by atoms with Gasteiger partial charge < -0.3 is 18.7 Å². The van der Waals surface area contributed by atoms with E-state index in [0.29, 0.717) is 31.0 Å². The third-order valence-corrected chi connectivity index (χ3v) is 6.10. The predicted octanol–water partition coefficient (Wildman–Crippen LogP) is 4.42. The van der Waals surface area contributed by atoms with Gasteiger partial charge in [0, 0.05) is 36.6 Å². The highest BCUT2D eigenvalue weighted by molar-refractivity contribution is 5.94. The van der Waals surface area contributed by atoms with Gasteiger partial charge in [-0.2, -0.15) is 0 Å². The molecule has 0 radical (unpaired) electrons. The number of nitrogens with zero attached hydrogens (tertiary/aromatic N) is 3. The second kappa shape index (κ2) is 8.96. The standard InChI is InChI=1S/C24H29N3O4/c1-15-8-5-6-10-22(15)29-14-19-9-7-11-27(13-19)24(28)23-21(18(4)31-26-23)12-20-16(2)25-30-17(20)3/h5-6,8,10,19H,7,9,11-14H2,1-4H3/t19-/m1/s1. The highest BCUT2D eigenvalue weighted by atomic mass is 16.5. The second-order valence-corrected chi connectivity index (χ2v) is 8.38. The summed E-state index contributed by atoms with van der Waals surface area (Å²) in [6.45, 7) is 9.63. The van der Waals surface area contributed by atoms with Gasteiger partial charge in [0.1, 0.15) is 17.3 Å². The molecule has 3 heterocycles. The summed E-state index contributed by atoms with van der Waals surface area (Å²) in [5.74, 6) is 2.51. The first-order valence-corrected chi connectivity index (χ1v) is 10.8. The molecule has 164 valence electrons. The fraction of sp³-hybridized carbons (Fsp3) is 0.458. The number of hydrogen-bond donors (Lipinski definition) is 0. The van der Waals surface area contributed by atoms with Crippen molar-refractivity contribution in [3.8, 4) is 5.75 Å². The highest BCUT2D eigenvalue weighted by Gasteiger charge is 2.30. The van der Waals surface area contributed by atoms with Gasteiger partial charge in [0.15, 0.2) is 5.69 Å². The van der Waals surface area contributed by atoms with Gasteiger partial charge in [0.25, 0.3) is 5.91 Å². The van der Waals surface area contributed by atoms with E-state index >= 15 is 0 Å². The average molecular weight is 424 g/mol. The Morgan fingerprint density at radius 3 is 2.58 bits per heavy atom. The summed E-state index contributed by atoms with van der Waals surface area (Å²) in [4.78, 5) is 15.2. The maximum atomic E-state index is 13.3. The Kier molecular flexibility index (Phi) is 6.11. The maximum absolute atomic E-state index is 13.3. The molecule has 1 aromatic carbocycles. The Labute approximate surface area is 182 Å². The predicted molar refractivity (Wildman–Crippen MR) is 115 cm³/mol. The van der Waals surface area contributed by atoms with Crippen LogP contribution < -0.4 is 4.74 Å². The van der Waals surface area contributed by atoms with Gasteiger partial charge >= 0.3 is 0 Å². The lowest BCUT2D eigenvalue weighted by atomic mass is 9.97.